The first kappa shape index (κ1) is 20.0. The summed E-state index contributed by atoms with van der Waals surface area (Å²) in [5.74, 6) is 1.36. The van der Waals surface area contributed by atoms with Crippen LogP contribution in [0.5, 0.6) is 0 Å². The van der Waals surface area contributed by atoms with Gasteiger partial charge in [0.25, 0.3) is 0 Å². The van der Waals surface area contributed by atoms with E-state index in [-0.39, 0.29) is 5.75 Å². The van der Waals surface area contributed by atoms with Gasteiger partial charge in [-0.1, -0.05) is 43.1 Å². The van der Waals surface area contributed by atoms with Crippen molar-refractivity contribution in [1.29, 1.82) is 0 Å². The number of benzene rings is 1. The number of hydrogen-bond donors (Lipinski definition) is 1. The minimum Gasteiger partial charge on any atom is -0.303 e. The summed E-state index contributed by atoms with van der Waals surface area (Å²) in [6.07, 6.45) is 2.10. The van der Waals surface area contributed by atoms with Crippen molar-refractivity contribution in [3.8, 4) is 0 Å². The second kappa shape index (κ2) is 8.86. The van der Waals surface area contributed by atoms with E-state index in [4.69, 9.17) is 23.2 Å². The molecule has 136 valence electrons. The number of halogens is 2. The van der Waals surface area contributed by atoms with Crippen LogP contribution in [0.25, 0.3) is 0 Å². The molecule has 7 heteroatoms. The second-order valence-electron chi connectivity index (χ2n) is 6.96. The third-order valence-corrected chi connectivity index (χ3v) is 6.35. The molecule has 1 aromatic rings. The van der Waals surface area contributed by atoms with Crippen LogP contribution in [0.15, 0.2) is 18.2 Å². The predicted molar refractivity (Wildman–Crippen MR) is 101 cm³/mol. The second-order valence-corrected chi connectivity index (χ2v) is 9.58. The molecule has 0 radical (unpaired) electrons. The molecule has 0 aliphatic carbocycles. The average molecular weight is 393 g/mol. The SMILES string of the molecule is C[C@@H]1C[C@@H](C)CN(CCCNS(=O)(=O)Cc2ccc(Cl)c(Cl)c2)C1. The van der Waals surface area contributed by atoms with Gasteiger partial charge in [0.2, 0.25) is 10.0 Å². The van der Waals surface area contributed by atoms with Crippen LogP contribution in [-0.4, -0.2) is 39.5 Å². The Balaban J connectivity index is 1.75. The van der Waals surface area contributed by atoms with Gasteiger partial charge in [-0.05, 0) is 48.9 Å². The molecule has 2 rings (SSSR count). The van der Waals surface area contributed by atoms with Gasteiger partial charge in [0.1, 0.15) is 0 Å². The van der Waals surface area contributed by atoms with Crippen molar-refractivity contribution >= 4 is 33.2 Å². The Morgan fingerprint density at radius 3 is 2.46 bits per heavy atom. The van der Waals surface area contributed by atoms with Gasteiger partial charge in [0, 0.05) is 19.6 Å². The highest BCUT2D eigenvalue weighted by Crippen LogP contribution is 2.23. The van der Waals surface area contributed by atoms with E-state index in [2.05, 4.69) is 23.5 Å². The molecule has 1 aliphatic rings. The van der Waals surface area contributed by atoms with E-state index in [9.17, 15) is 8.42 Å². The van der Waals surface area contributed by atoms with Crippen molar-refractivity contribution in [1.82, 2.24) is 9.62 Å². The van der Waals surface area contributed by atoms with E-state index >= 15 is 0 Å². The van der Waals surface area contributed by atoms with Crippen molar-refractivity contribution < 1.29 is 8.42 Å². The highest BCUT2D eigenvalue weighted by atomic mass is 35.5. The molecule has 0 aromatic heterocycles. The van der Waals surface area contributed by atoms with E-state index in [0.717, 1.165) is 37.9 Å². The number of likely N-dealkylation sites (tertiary alicyclic amines) is 1. The van der Waals surface area contributed by atoms with Crippen LogP contribution in [0.2, 0.25) is 10.0 Å². The molecular weight excluding hydrogens is 367 g/mol. The van der Waals surface area contributed by atoms with Gasteiger partial charge < -0.3 is 4.90 Å². The van der Waals surface area contributed by atoms with E-state index in [0.29, 0.717) is 22.2 Å². The van der Waals surface area contributed by atoms with E-state index in [1.165, 1.54) is 6.42 Å². The fourth-order valence-corrected chi connectivity index (χ4v) is 4.90. The van der Waals surface area contributed by atoms with Crippen molar-refractivity contribution in [3.05, 3.63) is 33.8 Å². The van der Waals surface area contributed by atoms with Crippen LogP contribution in [-0.2, 0) is 15.8 Å². The molecule has 1 saturated heterocycles. The number of nitrogens with zero attached hydrogens (tertiary/aromatic N) is 1. The maximum absolute atomic E-state index is 12.2. The topological polar surface area (TPSA) is 49.4 Å². The largest absolute Gasteiger partial charge is 0.303 e. The van der Waals surface area contributed by atoms with E-state index in [1.54, 1.807) is 18.2 Å². The number of nitrogens with one attached hydrogen (secondary N) is 1. The maximum atomic E-state index is 12.2. The molecule has 2 atom stereocenters. The predicted octanol–water partition coefficient (Wildman–Crippen LogP) is 3.78. The maximum Gasteiger partial charge on any atom is 0.215 e. The molecule has 0 amide bonds. The molecule has 1 heterocycles. The standard InChI is InChI=1S/C17H26Cl2N2O2S/c1-13-8-14(2)11-21(10-13)7-3-6-20-24(22,23)12-15-4-5-16(18)17(19)9-15/h4-5,9,13-14,20H,3,6-8,10-12H2,1-2H3/t13-,14-/m1/s1. The van der Waals surface area contributed by atoms with Crippen LogP contribution in [0.3, 0.4) is 0 Å². The van der Waals surface area contributed by atoms with Gasteiger partial charge in [-0.25, -0.2) is 13.1 Å². The van der Waals surface area contributed by atoms with Crippen molar-refractivity contribution in [2.24, 2.45) is 11.8 Å². The first-order valence-electron chi connectivity index (χ1n) is 8.39. The molecule has 1 aromatic carbocycles. The first-order valence-corrected chi connectivity index (χ1v) is 10.8. The lowest BCUT2D eigenvalue weighted by Gasteiger charge is -2.34. The van der Waals surface area contributed by atoms with Gasteiger partial charge in [-0.2, -0.15) is 0 Å². The summed E-state index contributed by atoms with van der Waals surface area (Å²) >= 11 is 11.8. The molecular formula is C17H26Cl2N2O2S. The summed E-state index contributed by atoms with van der Waals surface area (Å²) in [5.41, 5.74) is 0.635. The summed E-state index contributed by atoms with van der Waals surface area (Å²) < 4.78 is 27.0. The lowest BCUT2D eigenvalue weighted by Crippen LogP contribution is -2.40. The summed E-state index contributed by atoms with van der Waals surface area (Å²) in [4.78, 5) is 2.44. The Kier molecular flexibility index (Phi) is 7.38. The van der Waals surface area contributed by atoms with Crippen LogP contribution in [0, 0.1) is 11.8 Å². The minimum atomic E-state index is -3.36. The molecule has 0 saturated carbocycles. The smallest absolute Gasteiger partial charge is 0.215 e. The van der Waals surface area contributed by atoms with Crippen LogP contribution >= 0.6 is 23.2 Å². The fourth-order valence-electron chi connectivity index (χ4n) is 3.40. The normalized spacial score (nSPS) is 22.7. The Morgan fingerprint density at radius 1 is 1.17 bits per heavy atom. The zero-order valence-electron chi connectivity index (χ0n) is 14.3. The van der Waals surface area contributed by atoms with Gasteiger partial charge in [0.15, 0.2) is 0 Å². The third-order valence-electron chi connectivity index (χ3n) is 4.26. The Morgan fingerprint density at radius 2 is 1.83 bits per heavy atom. The van der Waals surface area contributed by atoms with Crippen LogP contribution < -0.4 is 4.72 Å². The molecule has 0 bridgehead atoms. The fraction of sp³-hybridized carbons (Fsp3) is 0.647. The zero-order chi connectivity index (χ0) is 17.7. The van der Waals surface area contributed by atoms with Crippen molar-refractivity contribution in [2.45, 2.75) is 32.4 Å². The summed E-state index contributed by atoms with van der Waals surface area (Å²) in [6.45, 7) is 8.18. The van der Waals surface area contributed by atoms with E-state index < -0.39 is 10.0 Å². The Bertz CT molecular complexity index is 642. The van der Waals surface area contributed by atoms with Gasteiger partial charge >= 0.3 is 0 Å². The van der Waals surface area contributed by atoms with Crippen LogP contribution in [0.1, 0.15) is 32.3 Å². The van der Waals surface area contributed by atoms with Gasteiger partial charge in [-0.3, -0.25) is 0 Å². The lowest BCUT2D eigenvalue weighted by molar-refractivity contribution is 0.140. The van der Waals surface area contributed by atoms with Crippen LogP contribution in [0.4, 0.5) is 0 Å². The highest BCUT2D eigenvalue weighted by Gasteiger charge is 2.21. The number of rotatable bonds is 7. The molecule has 0 unspecified atom stereocenters. The Hall–Kier alpha value is -0.330. The number of sulfonamides is 1. The van der Waals surface area contributed by atoms with Gasteiger partial charge in [0.05, 0.1) is 15.8 Å². The summed E-state index contributed by atoms with van der Waals surface area (Å²) in [5, 5.41) is 0.800. The molecule has 0 spiro atoms. The lowest BCUT2D eigenvalue weighted by atomic mass is 9.92. The third kappa shape index (κ3) is 6.52. The quantitative estimate of drug-likeness (QED) is 0.718. The summed E-state index contributed by atoms with van der Waals surface area (Å²) in [6, 6.07) is 4.90. The monoisotopic (exact) mass is 392 g/mol. The summed E-state index contributed by atoms with van der Waals surface area (Å²) in [7, 11) is -3.36. The average Bonchev–Trinajstić information content (AvgIpc) is 2.46. The van der Waals surface area contributed by atoms with E-state index in [1.807, 2.05) is 0 Å². The molecule has 24 heavy (non-hydrogen) atoms. The van der Waals surface area contributed by atoms with Crippen molar-refractivity contribution in [3.63, 3.8) is 0 Å². The number of piperidine rings is 1. The zero-order valence-corrected chi connectivity index (χ0v) is 16.6. The molecule has 4 nitrogen and oxygen atoms in total. The van der Waals surface area contributed by atoms with Crippen molar-refractivity contribution in [2.75, 3.05) is 26.2 Å². The first-order chi connectivity index (χ1) is 11.2. The molecule has 1 N–H and O–H groups in total. The molecule has 1 fully saturated rings. The highest BCUT2D eigenvalue weighted by molar-refractivity contribution is 7.88. The minimum absolute atomic E-state index is 0.0817. The Labute approximate surface area is 155 Å². The van der Waals surface area contributed by atoms with Gasteiger partial charge in [-0.15, -0.1) is 0 Å². The number of hydrogen-bond acceptors (Lipinski definition) is 3. The molecule has 1 aliphatic heterocycles.